The van der Waals surface area contributed by atoms with Gasteiger partial charge in [-0.15, -0.1) is 6.42 Å². The molecule has 0 saturated carbocycles. The van der Waals surface area contributed by atoms with E-state index in [9.17, 15) is 4.79 Å². The van der Waals surface area contributed by atoms with Crippen LogP contribution in [0.5, 0.6) is 5.75 Å². The highest BCUT2D eigenvalue weighted by Crippen LogP contribution is 2.36. The fourth-order valence-electron chi connectivity index (χ4n) is 4.93. The summed E-state index contributed by atoms with van der Waals surface area (Å²) in [6.45, 7) is 8.48. The van der Waals surface area contributed by atoms with Gasteiger partial charge in [0.15, 0.2) is 17.4 Å². The van der Waals surface area contributed by atoms with E-state index in [0.29, 0.717) is 29.7 Å². The maximum Gasteiger partial charge on any atom is 0.197 e. The first-order chi connectivity index (χ1) is 18.8. The topological polar surface area (TPSA) is 69.9 Å². The summed E-state index contributed by atoms with van der Waals surface area (Å²) in [5.74, 6) is 4.86. The fraction of sp³-hybridized carbons (Fsp3) is 0.273. The van der Waals surface area contributed by atoms with Crippen LogP contribution in [0.3, 0.4) is 0 Å². The fourth-order valence-corrected chi connectivity index (χ4v) is 4.93. The number of aryl methyl sites for hydroxylation is 2. The molecular weight excluding hydrogens is 484 g/mol. The number of rotatable bonds is 8. The number of hydrogen-bond donors (Lipinski definition) is 0. The summed E-state index contributed by atoms with van der Waals surface area (Å²) in [6, 6.07) is 18.1. The summed E-state index contributed by atoms with van der Waals surface area (Å²) in [4.78, 5) is 27.6. The molecule has 6 nitrogen and oxygen atoms in total. The molecule has 5 aromatic rings. The van der Waals surface area contributed by atoms with Crippen LogP contribution in [-0.4, -0.2) is 31.9 Å². The molecule has 196 valence electrons. The predicted molar refractivity (Wildman–Crippen MR) is 157 cm³/mol. The van der Waals surface area contributed by atoms with Crippen molar-refractivity contribution in [2.24, 2.45) is 7.05 Å². The lowest BCUT2D eigenvalue weighted by Crippen LogP contribution is -2.03. The van der Waals surface area contributed by atoms with Crippen LogP contribution in [0.1, 0.15) is 61.0 Å². The minimum absolute atomic E-state index is 0.137. The average Bonchev–Trinajstić information content (AvgIpc) is 3.25. The Morgan fingerprint density at radius 1 is 1.05 bits per heavy atom. The van der Waals surface area contributed by atoms with E-state index in [0.717, 1.165) is 50.7 Å². The molecule has 2 heterocycles. The molecule has 0 spiro atoms. The molecule has 0 fully saturated rings. The van der Waals surface area contributed by atoms with Crippen LogP contribution in [0, 0.1) is 19.3 Å². The van der Waals surface area contributed by atoms with Gasteiger partial charge in [0.1, 0.15) is 12.4 Å². The number of nitrogens with zero attached hydrogens (tertiary/aromatic N) is 4. The second kappa shape index (κ2) is 10.7. The third-order valence-corrected chi connectivity index (χ3v) is 7.05. The van der Waals surface area contributed by atoms with Gasteiger partial charge in [-0.3, -0.25) is 4.79 Å². The van der Waals surface area contributed by atoms with Gasteiger partial charge in [0.05, 0.1) is 27.6 Å². The number of aromatic nitrogens is 4. The minimum atomic E-state index is 0.137. The quantitative estimate of drug-likeness (QED) is 0.160. The van der Waals surface area contributed by atoms with Crippen LogP contribution in [0.15, 0.2) is 54.6 Å². The highest BCUT2D eigenvalue weighted by atomic mass is 16.5. The Morgan fingerprint density at radius 2 is 1.82 bits per heavy atom. The predicted octanol–water partition coefficient (Wildman–Crippen LogP) is 7.28. The molecule has 0 aliphatic heterocycles. The van der Waals surface area contributed by atoms with E-state index in [1.165, 1.54) is 5.56 Å². The van der Waals surface area contributed by atoms with Gasteiger partial charge < -0.3 is 9.30 Å². The number of terminal acetylenes is 1. The van der Waals surface area contributed by atoms with Crippen LogP contribution in [0.2, 0.25) is 0 Å². The van der Waals surface area contributed by atoms with Crippen LogP contribution >= 0.6 is 0 Å². The Morgan fingerprint density at radius 3 is 2.51 bits per heavy atom. The highest BCUT2D eigenvalue weighted by molar-refractivity contribution is 6.01. The maximum absolute atomic E-state index is 12.7. The Bertz CT molecular complexity index is 1740. The molecule has 0 bridgehead atoms. The van der Waals surface area contributed by atoms with E-state index in [-0.39, 0.29) is 12.4 Å². The third kappa shape index (κ3) is 4.88. The van der Waals surface area contributed by atoms with E-state index in [1.54, 1.807) is 0 Å². The summed E-state index contributed by atoms with van der Waals surface area (Å²) >= 11 is 0. The van der Waals surface area contributed by atoms with Crippen molar-refractivity contribution in [3.05, 3.63) is 71.3 Å². The molecule has 39 heavy (non-hydrogen) atoms. The monoisotopic (exact) mass is 516 g/mol. The van der Waals surface area contributed by atoms with Crippen molar-refractivity contribution in [1.82, 2.24) is 19.5 Å². The number of fused-ring (bicyclic) bond motifs is 2. The van der Waals surface area contributed by atoms with Gasteiger partial charge >= 0.3 is 0 Å². The standard InChI is InChI=1S/C33H32N4O2/c1-7-10-28(38)24-19-26-27(18-21(24)5)37(6)33(35-26)32-34-25-11-9-12-29(39-17-8-2)30(25)31(36-32)23-15-13-22(14-16-23)20(3)4/h2,9,11-16,18-20H,7,10,17H2,1,3-6H3. The summed E-state index contributed by atoms with van der Waals surface area (Å²) in [5, 5.41) is 0.802. The molecule has 0 unspecified atom stereocenters. The summed E-state index contributed by atoms with van der Waals surface area (Å²) in [7, 11) is 1.95. The summed E-state index contributed by atoms with van der Waals surface area (Å²) in [5.41, 5.74) is 7.01. The van der Waals surface area contributed by atoms with E-state index in [1.807, 2.05) is 55.8 Å². The second-order valence-electron chi connectivity index (χ2n) is 10.1. The lowest BCUT2D eigenvalue weighted by atomic mass is 9.99. The number of imidazole rings is 1. The van der Waals surface area contributed by atoms with Gasteiger partial charge in [0.25, 0.3) is 0 Å². The zero-order valence-electron chi connectivity index (χ0n) is 23.1. The SMILES string of the molecule is C#CCOc1cccc2nc(-c3nc4cc(C(=O)CCC)c(C)cc4n3C)nc(-c3ccc(C(C)C)cc3)c12. The van der Waals surface area contributed by atoms with Gasteiger partial charge in [-0.05, 0) is 54.7 Å². The molecule has 0 amide bonds. The Labute approximate surface area is 229 Å². The minimum Gasteiger partial charge on any atom is -0.480 e. The molecule has 3 aromatic carbocycles. The number of carbonyl (C=O) groups is 1. The van der Waals surface area contributed by atoms with Crippen molar-refractivity contribution in [2.45, 2.75) is 46.5 Å². The molecule has 0 saturated heterocycles. The third-order valence-electron chi connectivity index (χ3n) is 7.05. The Hall–Kier alpha value is -4.50. The van der Waals surface area contributed by atoms with Gasteiger partial charge in [-0.2, -0.15) is 0 Å². The first kappa shape index (κ1) is 26.1. The molecule has 0 radical (unpaired) electrons. The first-order valence-corrected chi connectivity index (χ1v) is 13.3. The van der Waals surface area contributed by atoms with E-state index < -0.39 is 0 Å². The van der Waals surface area contributed by atoms with Crippen molar-refractivity contribution in [3.8, 4) is 41.0 Å². The molecule has 0 N–H and O–H groups in total. The second-order valence-corrected chi connectivity index (χ2v) is 10.1. The van der Waals surface area contributed by atoms with E-state index in [2.05, 4.69) is 44.0 Å². The van der Waals surface area contributed by atoms with Crippen LogP contribution in [0.4, 0.5) is 0 Å². The number of Topliss-reactive ketones (excluding diaryl/α,β-unsaturated/α-hetero) is 1. The largest absolute Gasteiger partial charge is 0.480 e. The van der Waals surface area contributed by atoms with Crippen LogP contribution in [-0.2, 0) is 7.05 Å². The molecule has 6 heteroatoms. The molecular formula is C33H32N4O2. The highest BCUT2D eigenvalue weighted by Gasteiger charge is 2.20. The van der Waals surface area contributed by atoms with Gasteiger partial charge in [-0.1, -0.05) is 57.0 Å². The van der Waals surface area contributed by atoms with Crippen LogP contribution in [0.25, 0.3) is 44.8 Å². The zero-order chi connectivity index (χ0) is 27.7. The zero-order valence-corrected chi connectivity index (χ0v) is 23.1. The lowest BCUT2D eigenvalue weighted by Gasteiger charge is -2.14. The molecule has 5 rings (SSSR count). The van der Waals surface area contributed by atoms with E-state index in [4.69, 9.17) is 26.1 Å². The smallest absolute Gasteiger partial charge is 0.197 e. The molecule has 0 aliphatic rings. The number of benzene rings is 3. The molecule has 2 aromatic heterocycles. The van der Waals surface area contributed by atoms with E-state index >= 15 is 0 Å². The van der Waals surface area contributed by atoms with Gasteiger partial charge in [0, 0.05) is 24.6 Å². The maximum atomic E-state index is 12.7. The van der Waals surface area contributed by atoms with Gasteiger partial charge in [0.2, 0.25) is 0 Å². The van der Waals surface area contributed by atoms with Crippen molar-refractivity contribution >= 4 is 27.7 Å². The van der Waals surface area contributed by atoms with Crippen molar-refractivity contribution in [3.63, 3.8) is 0 Å². The van der Waals surface area contributed by atoms with Crippen molar-refractivity contribution in [1.29, 1.82) is 0 Å². The molecule has 0 aliphatic carbocycles. The van der Waals surface area contributed by atoms with Gasteiger partial charge in [-0.25, -0.2) is 15.0 Å². The number of ketones is 1. The van der Waals surface area contributed by atoms with Crippen molar-refractivity contribution < 1.29 is 9.53 Å². The Balaban J connectivity index is 1.73. The van der Waals surface area contributed by atoms with Crippen LogP contribution < -0.4 is 4.74 Å². The summed E-state index contributed by atoms with van der Waals surface area (Å²) < 4.78 is 7.90. The lowest BCUT2D eigenvalue weighted by molar-refractivity contribution is 0.0981. The first-order valence-electron chi connectivity index (χ1n) is 13.3. The number of ether oxygens (including phenoxy) is 1. The Kier molecular flexibility index (Phi) is 7.17. The normalized spacial score (nSPS) is 11.3. The summed E-state index contributed by atoms with van der Waals surface area (Å²) in [6.07, 6.45) is 6.81. The number of hydrogen-bond acceptors (Lipinski definition) is 5. The average molecular weight is 517 g/mol. The van der Waals surface area contributed by atoms with Crippen molar-refractivity contribution in [2.75, 3.05) is 6.61 Å². The molecule has 0 atom stereocenters. The number of carbonyl (C=O) groups excluding carboxylic acids is 1.